The maximum atomic E-state index is 11.3. The summed E-state index contributed by atoms with van der Waals surface area (Å²) in [7, 11) is 1.29. The Morgan fingerprint density at radius 1 is 1.35 bits per heavy atom. The second-order valence-corrected chi connectivity index (χ2v) is 4.74. The Kier molecular flexibility index (Phi) is 4.58. The summed E-state index contributed by atoms with van der Waals surface area (Å²) < 4.78 is 9.84. The fourth-order valence-corrected chi connectivity index (χ4v) is 2.06. The highest BCUT2D eigenvalue weighted by Gasteiger charge is 2.16. The lowest BCUT2D eigenvalue weighted by atomic mass is 10.0. The van der Waals surface area contributed by atoms with Gasteiger partial charge in [0, 0.05) is 0 Å². The zero-order chi connectivity index (χ0) is 14.5. The second-order valence-electron chi connectivity index (χ2n) is 4.74. The van der Waals surface area contributed by atoms with E-state index in [2.05, 4.69) is 10.8 Å². The molecule has 0 saturated heterocycles. The monoisotopic (exact) mass is 274 g/mol. The molecule has 2 rings (SSSR count). The molecule has 1 heterocycles. The number of ether oxygens (including phenoxy) is 1. The fourth-order valence-electron chi connectivity index (χ4n) is 2.06. The smallest absolute Gasteiger partial charge is 0.373 e. The average molecular weight is 274 g/mol. The number of rotatable bonds is 5. The molecule has 0 aliphatic rings. The molecule has 4 nitrogen and oxygen atoms in total. The predicted molar refractivity (Wildman–Crippen MR) is 74.5 cm³/mol. The summed E-state index contributed by atoms with van der Waals surface area (Å²) in [4.78, 5) is 11.3. The molecule has 1 aromatic carbocycles. The molecule has 20 heavy (non-hydrogen) atoms. The molecule has 0 radical (unpaired) electrons. The van der Waals surface area contributed by atoms with Crippen molar-refractivity contribution in [1.82, 2.24) is 0 Å². The predicted octanol–water partition coefficient (Wildman–Crippen LogP) is 3.04. The number of methoxy groups -OCH3 is 1. The van der Waals surface area contributed by atoms with E-state index in [0.717, 1.165) is 6.42 Å². The molecule has 0 bridgehead atoms. The van der Waals surface area contributed by atoms with Gasteiger partial charge in [-0.05, 0) is 37.5 Å². The van der Waals surface area contributed by atoms with Crippen molar-refractivity contribution in [2.45, 2.75) is 25.9 Å². The molecule has 1 unspecified atom stereocenters. The number of esters is 1. The zero-order valence-corrected chi connectivity index (χ0v) is 11.6. The Morgan fingerprint density at radius 2 is 2.15 bits per heavy atom. The van der Waals surface area contributed by atoms with Crippen LogP contribution >= 0.6 is 0 Å². The number of hydrogen-bond donors (Lipinski definition) is 1. The molecule has 0 saturated carbocycles. The van der Waals surface area contributed by atoms with Crippen molar-refractivity contribution in [2.75, 3.05) is 7.11 Å². The Balaban J connectivity index is 1.96. The SMILES string of the molecule is COC(=O)c1ccc(C(O)CCc2cccc(C)c2)o1. The van der Waals surface area contributed by atoms with E-state index >= 15 is 0 Å². The van der Waals surface area contributed by atoms with E-state index in [1.54, 1.807) is 6.07 Å². The van der Waals surface area contributed by atoms with E-state index in [4.69, 9.17) is 4.42 Å². The summed E-state index contributed by atoms with van der Waals surface area (Å²) in [5.41, 5.74) is 2.37. The minimum absolute atomic E-state index is 0.108. The quantitative estimate of drug-likeness (QED) is 0.851. The normalized spacial score (nSPS) is 12.2. The van der Waals surface area contributed by atoms with Crippen molar-refractivity contribution in [3.8, 4) is 0 Å². The second kappa shape index (κ2) is 6.39. The summed E-state index contributed by atoms with van der Waals surface area (Å²) in [5, 5.41) is 10.1. The standard InChI is InChI=1S/C16H18O4/c1-11-4-3-5-12(10-11)6-7-13(17)14-8-9-15(20-14)16(18)19-2/h3-5,8-10,13,17H,6-7H2,1-2H3. The maximum Gasteiger partial charge on any atom is 0.373 e. The lowest BCUT2D eigenvalue weighted by Crippen LogP contribution is -2.00. The van der Waals surface area contributed by atoms with Crippen molar-refractivity contribution in [3.63, 3.8) is 0 Å². The van der Waals surface area contributed by atoms with Crippen LogP contribution in [0.2, 0.25) is 0 Å². The van der Waals surface area contributed by atoms with Crippen molar-refractivity contribution in [3.05, 3.63) is 59.0 Å². The molecule has 1 atom stereocenters. The van der Waals surface area contributed by atoms with Gasteiger partial charge in [-0.15, -0.1) is 0 Å². The van der Waals surface area contributed by atoms with Gasteiger partial charge in [-0.1, -0.05) is 29.8 Å². The van der Waals surface area contributed by atoms with Crippen molar-refractivity contribution in [1.29, 1.82) is 0 Å². The zero-order valence-electron chi connectivity index (χ0n) is 11.6. The lowest BCUT2D eigenvalue weighted by molar-refractivity contribution is 0.0553. The van der Waals surface area contributed by atoms with Gasteiger partial charge in [0.15, 0.2) is 0 Å². The molecule has 4 heteroatoms. The number of aliphatic hydroxyl groups excluding tert-OH is 1. The summed E-state index contributed by atoms with van der Waals surface area (Å²) in [6.07, 6.45) is 0.559. The number of hydrogen-bond acceptors (Lipinski definition) is 4. The molecule has 2 aromatic rings. The molecular weight excluding hydrogens is 256 g/mol. The first-order chi connectivity index (χ1) is 9.60. The fraction of sp³-hybridized carbons (Fsp3) is 0.312. The van der Waals surface area contributed by atoms with Gasteiger partial charge in [0.1, 0.15) is 11.9 Å². The highest BCUT2D eigenvalue weighted by Crippen LogP contribution is 2.22. The Labute approximate surface area is 118 Å². The van der Waals surface area contributed by atoms with E-state index in [1.807, 2.05) is 25.1 Å². The largest absolute Gasteiger partial charge is 0.463 e. The van der Waals surface area contributed by atoms with Crippen LogP contribution in [0.1, 0.15) is 40.0 Å². The van der Waals surface area contributed by atoms with Gasteiger partial charge in [-0.2, -0.15) is 0 Å². The van der Waals surface area contributed by atoms with Crippen molar-refractivity contribution >= 4 is 5.97 Å². The van der Waals surface area contributed by atoms with Crippen LogP contribution in [0.3, 0.4) is 0 Å². The van der Waals surface area contributed by atoms with Gasteiger partial charge in [-0.25, -0.2) is 4.79 Å². The highest BCUT2D eigenvalue weighted by molar-refractivity contribution is 5.86. The summed E-state index contributed by atoms with van der Waals surface area (Å²) in [5.74, 6) is -0.0442. The third kappa shape index (κ3) is 3.48. The van der Waals surface area contributed by atoms with Crippen LogP contribution in [0, 0.1) is 6.92 Å². The van der Waals surface area contributed by atoms with E-state index in [1.165, 1.54) is 24.3 Å². The van der Waals surface area contributed by atoms with E-state index in [0.29, 0.717) is 12.2 Å². The molecule has 1 N–H and O–H groups in total. The van der Waals surface area contributed by atoms with Crippen LogP contribution in [0.5, 0.6) is 0 Å². The number of carbonyl (C=O) groups is 1. The van der Waals surface area contributed by atoms with Gasteiger partial charge in [0.25, 0.3) is 0 Å². The molecule has 1 aromatic heterocycles. The molecular formula is C16H18O4. The number of aliphatic hydroxyl groups is 1. The lowest BCUT2D eigenvalue weighted by Gasteiger charge is -2.08. The van der Waals surface area contributed by atoms with Crippen molar-refractivity contribution in [2.24, 2.45) is 0 Å². The summed E-state index contributed by atoms with van der Waals surface area (Å²) in [6, 6.07) is 11.3. The van der Waals surface area contributed by atoms with Crippen LogP contribution in [0.25, 0.3) is 0 Å². The van der Waals surface area contributed by atoms with Crippen LogP contribution in [0.4, 0.5) is 0 Å². The summed E-state index contributed by atoms with van der Waals surface area (Å²) >= 11 is 0. The summed E-state index contributed by atoms with van der Waals surface area (Å²) in [6.45, 7) is 2.04. The topological polar surface area (TPSA) is 59.7 Å². The Bertz CT molecular complexity index is 586. The Hall–Kier alpha value is -2.07. The average Bonchev–Trinajstić information content (AvgIpc) is 2.94. The van der Waals surface area contributed by atoms with Gasteiger partial charge < -0.3 is 14.3 Å². The van der Waals surface area contributed by atoms with Gasteiger partial charge in [0.2, 0.25) is 5.76 Å². The minimum atomic E-state index is -0.728. The molecule has 0 fully saturated rings. The first kappa shape index (κ1) is 14.3. The number of furan rings is 1. The number of aryl methyl sites for hydroxylation is 2. The van der Waals surface area contributed by atoms with Crippen molar-refractivity contribution < 1.29 is 19.1 Å². The molecule has 106 valence electrons. The molecule has 0 aliphatic heterocycles. The van der Waals surface area contributed by atoms with Crippen LogP contribution in [-0.4, -0.2) is 18.2 Å². The van der Waals surface area contributed by atoms with Crippen LogP contribution < -0.4 is 0 Å². The molecule has 0 spiro atoms. The minimum Gasteiger partial charge on any atom is -0.463 e. The highest BCUT2D eigenvalue weighted by atomic mass is 16.5. The van der Waals surface area contributed by atoms with Crippen LogP contribution in [-0.2, 0) is 11.2 Å². The van der Waals surface area contributed by atoms with E-state index < -0.39 is 12.1 Å². The van der Waals surface area contributed by atoms with E-state index in [-0.39, 0.29) is 5.76 Å². The molecule has 0 aliphatic carbocycles. The Morgan fingerprint density at radius 3 is 2.85 bits per heavy atom. The van der Waals surface area contributed by atoms with Gasteiger partial charge in [0.05, 0.1) is 7.11 Å². The van der Waals surface area contributed by atoms with E-state index in [9.17, 15) is 9.90 Å². The molecule has 0 amide bonds. The van der Waals surface area contributed by atoms with Gasteiger partial charge in [-0.3, -0.25) is 0 Å². The first-order valence-electron chi connectivity index (χ1n) is 6.52. The van der Waals surface area contributed by atoms with Gasteiger partial charge >= 0.3 is 5.97 Å². The maximum absolute atomic E-state index is 11.3. The number of benzene rings is 1. The third-order valence-corrected chi connectivity index (χ3v) is 3.13. The third-order valence-electron chi connectivity index (χ3n) is 3.13. The number of carbonyl (C=O) groups excluding carboxylic acids is 1. The first-order valence-corrected chi connectivity index (χ1v) is 6.52. The van der Waals surface area contributed by atoms with Crippen LogP contribution in [0.15, 0.2) is 40.8 Å².